The van der Waals surface area contributed by atoms with E-state index in [9.17, 15) is 19.3 Å². The number of hydrogen-bond donors (Lipinski definition) is 2. The Balaban J connectivity index is 1.85. The SMILES string of the molecule is C[C@H](Nc1ccc(F)cc1[N+](=O)[O-])c1ccc2c(c1)CC(=O)N2. The fourth-order valence-electron chi connectivity index (χ4n) is 2.61. The minimum absolute atomic E-state index is 0.0491. The van der Waals surface area contributed by atoms with Crippen molar-refractivity contribution in [3.05, 3.63) is 63.5 Å². The summed E-state index contributed by atoms with van der Waals surface area (Å²) in [7, 11) is 0. The van der Waals surface area contributed by atoms with Gasteiger partial charge in [-0.3, -0.25) is 14.9 Å². The number of benzene rings is 2. The van der Waals surface area contributed by atoms with Gasteiger partial charge in [0.1, 0.15) is 11.5 Å². The van der Waals surface area contributed by atoms with Crippen LogP contribution in [-0.4, -0.2) is 10.8 Å². The lowest BCUT2D eigenvalue weighted by Crippen LogP contribution is -2.09. The van der Waals surface area contributed by atoms with E-state index in [0.29, 0.717) is 6.42 Å². The molecule has 0 bridgehead atoms. The van der Waals surface area contributed by atoms with Crippen molar-refractivity contribution in [3.63, 3.8) is 0 Å². The molecule has 0 saturated carbocycles. The number of carbonyl (C=O) groups excluding carboxylic acids is 1. The molecule has 0 unspecified atom stereocenters. The smallest absolute Gasteiger partial charge is 0.295 e. The second kappa shape index (κ2) is 5.68. The fraction of sp³-hybridized carbons (Fsp3) is 0.188. The number of nitrogens with zero attached hydrogens (tertiary/aromatic N) is 1. The first-order valence-electron chi connectivity index (χ1n) is 7.07. The van der Waals surface area contributed by atoms with Crippen molar-refractivity contribution in [1.82, 2.24) is 0 Å². The normalized spacial score (nSPS) is 14.1. The van der Waals surface area contributed by atoms with Crippen molar-refractivity contribution in [2.45, 2.75) is 19.4 Å². The van der Waals surface area contributed by atoms with Crippen molar-refractivity contribution in [2.75, 3.05) is 10.6 Å². The molecule has 7 heteroatoms. The summed E-state index contributed by atoms with van der Waals surface area (Å²) in [4.78, 5) is 21.8. The Morgan fingerprint density at radius 2 is 2.09 bits per heavy atom. The first kappa shape index (κ1) is 15.0. The third-order valence-electron chi connectivity index (χ3n) is 3.78. The second-order valence-corrected chi connectivity index (χ2v) is 5.43. The largest absolute Gasteiger partial charge is 0.373 e. The molecular formula is C16H14FN3O3. The van der Waals surface area contributed by atoms with Crippen LogP contribution in [0, 0.1) is 15.9 Å². The van der Waals surface area contributed by atoms with Gasteiger partial charge in [-0.25, -0.2) is 4.39 Å². The molecule has 0 saturated heterocycles. The van der Waals surface area contributed by atoms with Crippen LogP contribution in [0.1, 0.15) is 24.1 Å². The van der Waals surface area contributed by atoms with Gasteiger partial charge in [-0.2, -0.15) is 0 Å². The van der Waals surface area contributed by atoms with Gasteiger partial charge in [-0.15, -0.1) is 0 Å². The van der Waals surface area contributed by atoms with Crippen molar-refractivity contribution < 1.29 is 14.1 Å². The maximum atomic E-state index is 13.2. The number of nitro groups is 1. The molecule has 0 radical (unpaired) electrons. The van der Waals surface area contributed by atoms with Gasteiger partial charge in [0.15, 0.2) is 0 Å². The predicted molar refractivity (Wildman–Crippen MR) is 83.9 cm³/mol. The van der Waals surface area contributed by atoms with Gasteiger partial charge < -0.3 is 10.6 Å². The molecule has 0 aromatic heterocycles. The summed E-state index contributed by atoms with van der Waals surface area (Å²) >= 11 is 0. The van der Waals surface area contributed by atoms with Gasteiger partial charge in [0.2, 0.25) is 5.91 Å². The molecule has 6 nitrogen and oxygen atoms in total. The van der Waals surface area contributed by atoms with Gasteiger partial charge in [0.05, 0.1) is 17.4 Å². The Morgan fingerprint density at radius 3 is 2.83 bits per heavy atom. The van der Waals surface area contributed by atoms with E-state index in [4.69, 9.17) is 0 Å². The third-order valence-corrected chi connectivity index (χ3v) is 3.78. The first-order valence-corrected chi connectivity index (χ1v) is 7.07. The number of hydrogen-bond acceptors (Lipinski definition) is 4. The van der Waals surface area contributed by atoms with Crippen molar-refractivity contribution in [3.8, 4) is 0 Å². The summed E-state index contributed by atoms with van der Waals surface area (Å²) in [6, 6.07) is 8.72. The highest BCUT2D eigenvalue weighted by Gasteiger charge is 2.20. The topological polar surface area (TPSA) is 84.3 Å². The first-order chi connectivity index (χ1) is 10.9. The highest BCUT2D eigenvalue weighted by atomic mass is 19.1. The number of halogens is 1. The van der Waals surface area contributed by atoms with E-state index in [0.717, 1.165) is 22.9 Å². The molecule has 0 spiro atoms. The number of rotatable bonds is 4. The maximum Gasteiger partial charge on any atom is 0.295 e. The van der Waals surface area contributed by atoms with Gasteiger partial charge in [-0.05, 0) is 36.2 Å². The highest BCUT2D eigenvalue weighted by molar-refractivity contribution is 5.99. The standard InChI is InChI=1S/C16H14FN3O3/c1-9(10-2-4-13-11(6-10)7-16(21)19-13)18-14-5-3-12(17)8-15(14)20(22)23/h2-6,8-9,18H,7H2,1H3,(H,19,21)/t9-/m0/s1. The van der Waals surface area contributed by atoms with Gasteiger partial charge in [0.25, 0.3) is 5.69 Å². The fourth-order valence-corrected chi connectivity index (χ4v) is 2.61. The van der Waals surface area contributed by atoms with Crippen LogP contribution >= 0.6 is 0 Å². The van der Waals surface area contributed by atoms with Crippen molar-refractivity contribution in [2.24, 2.45) is 0 Å². The number of carbonyl (C=O) groups is 1. The summed E-state index contributed by atoms with van der Waals surface area (Å²) < 4.78 is 13.2. The van der Waals surface area contributed by atoms with Crippen molar-refractivity contribution >= 4 is 23.0 Å². The Hall–Kier alpha value is -2.96. The highest BCUT2D eigenvalue weighted by Crippen LogP contribution is 2.31. The van der Waals surface area contributed by atoms with Crippen LogP contribution in [0.4, 0.5) is 21.5 Å². The van der Waals surface area contributed by atoms with E-state index in [2.05, 4.69) is 10.6 Å². The summed E-state index contributed by atoms with van der Waals surface area (Å²) in [5.74, 6) is -0.705. The van der Waals surface area contributed by atoms with E-state index < -0.39 is 10.7 Å². The monoisotopic (exact) mass is 315 g/mol. The minimum Gasteiger partial charge on any atom is -0.373 e. The summed E-state index contributed by atoms with van der Waals surface area (Å²) in [6.07, 6.45) is 0.326. The maximum absolute atomic E-state index is 13.2. The van der Waals surface area contributed by atoms with Crippen LogP contribution in [0.3, 0.4) is 0 Å². The van der Waals surface area contributed by atoms with Crippen LogP contribution in [0.25, 0.3) is 0 Å². The summed E-state index contributed by atoms with van der Waals surface area (Å²) in [6.45, 7) is 1.85. The Morgan fingerprint density at radius 1 is 1.30 bits per heavy atom. The van der Waals surface area contributed by atoms with Crippen LogP contribution in [-0.2, 0) is 11.2 Å². The number of anilines is 2. The number of amides is 1. The zero-order valence-corrected chi connectivity index (χ0v) is 12.3. The average Bonchev–Trinajstić information content (AvgIpc) is 2.87. The van der Waals surface area contributed by atoms with E-state index in [-0.39, 0.29) is 23.3 Å². The predicted octanol–water partition coefficient (Wildman–Crippen LogP) is 3.40. The Labute approximate surface area is 131 Å². The molecule has 1 aliphatic heterocycles. The summed E-state index contributed by atoms with van der Waals surface area (Å²) in [5, 5.41) is 16.8. The molecule has 0 aliphatic carbocycles. The minimum atomic E-state index is -0.656. The van der Waals surface area contributed by atoms with E-state index in [1.54, 1.807) is 0 Å². The molecule has 0 fully saturated rings. The molecule has 1 atom stereocenters. The van der Waals surface area contributed by atoms with Crippen LogP contribution in [0.15, 0.2) is 36.4 Å². The lowest BCUT2D eigenvalue weighted by Gasteiger charge is -2.16. The lowest BCUT2D eigenvalue weighted by molar-refractivity contribution is -0.384. The number of nitro benzene ring substituents is 1. The lowest BCUT2D eigenvalue weighted by atomic mass is 10.0. The molecular weight excluding hydrogens is 301 g/mol. The molecule has 118 valence electrons. The molecule has 2 aromatic rings. The average molecular weight is 315 g/mol. The quantitative estimate of drug-likeness (QED) is 0.669. The third kappa shape index (κ3) is 2.98. The molecule has 23 heavy (non-hydrogen) atoms. The van der Waals surface area contributed by atoms with E-state index in [1.165, 1.54) is 12.1 Å². The summed E-state index contributed by atoms with van der Waals surface area (Å²) in [5.41, 5.74) is 2.51. The second-order valence-electron chi connectivity index (χ2n) is 5.43. The van der Waals surface area contributed by atoms with E-state index >= 15 is 0 Å². The number of nitrogens with one attached hydrogen (secondary N) is 2. The Bertz CT molecular complexity index is 807. The van der Waals surface area contributed by atoms with Crippen LogP contribution < -0.4 is 10.6 Å². The number of fused-ring (bicyclic) bond motifs is 1. The molecule has 1 heterocycles. The van der Waals surface area contributed by atoms with Gasteiger partial charge in [-0.1, -0.05) is 12.1 Å². The van der Waals surface area contributed by atoms with Gasteiger partial charge >= 0.3 is 0 Å². The Kier molecular flexibility index (Phi) is 3.69. The molecule has 2 N–H and O–H groups in total. The van der Waals surface area contributed by atoms with Crippen molar-refractivity contribution in [1.29, 1.82) is 0 Å². The van der Waals surface area contributed by atoms with Gasteiger partial charge in [0, 0.05) is 11.7 Å². The zero-order valence-electron chi connectivity index (χ0n) is 12.3. The molecule has 3 rings (SSSR count). The molecule has 2 aromatic carbocycles. The zero-order chi connectivity index (χ0) is 16.6. The molecule has 1 amide bonds. The van der Waals surface area contributed by atoms with E-state index in [1.807, 2.05) is 25.1 Å². The van der Waals surface area contributed by atoms with Crippen LogP contribution in [0.5, 0.6) is 0 Å². The van der Waals surface area contributed by atoms with Crippen LogP contribution in [0.2, 0.25) is 0 Å². The molecule has 1 aliphatic rings.